The van der Waals surface area contributed by atoms with Gasteiger partial charge in [-0.3, -0.25) is 24.2 Å². The fourth-order valence-electron chi connectivity index (χ4n) is 2.98. The molecule has 200 valence electrons. The predicted molar refractivity (Wildman–Crippen MR) is 128 cm³/mol. The van der Waals surface area contributed by atoms with Crippen LogP contribution in [0.4, 0.5) is 0 Å². The Morgan fingerprint density at radius 3 is 1.91 bits per heavy atom. The van der Waals surface area contributed by atoms with Crippen LogP contribution in [0.2, 0.25) is 0 Å². The van der Waals surface area contributed by atoms with Gasteiger partial charge in [-0.25, -0.2) is 4.79 Å². The zero-order chi connectivity index (χ0) is 27.3. The Morgan fingerprint density at radius 1 is 0.886 bits per heavy atom. The van der Waals surface area contributed by atoms with Crippen LogP contribution in [0.25, 0.3) is 0 Å². The Balaban J connectivity index is 5.44. The van der Waals surface area contributed by atoms with Crippen LogP contribution in [0.1, 0.15) is 53.4 Å². The number of aliphatic imine (C=N–C) groups is 1. The number of carbonyl (C=O) groups is 5. The van der Waals surface area contributed by atoms with Gasteiger partial charge in [0.25, 0.3) is 0 Å². The summed E-state index contributed by atoms with van der Waals surface area (Å²) in [5, 5.41) is 25.7. The van der Waals surface area contributed by atoms with Crippen molar-refractivity contribution in [2.24, 2.45) is 34.0 Å². The van der Waals surface area contributed by atoms with Crippen molar-refractivity contribution < 1.29 is 34.2 Å². The molecule has 0 aliphatic carbocycles. The SMILES string of the molecule is CCC(C)C(N)C(=O)NC(C(=O)NC(CC(=O)O)C(=O)NC(CCCN=C(N)N)C(=O)O)C(C)C. The summed E-state index contributed by atoms with van der Waals surface area (Å²) in [5.41, 5.74) is 16.3. The first kappa shape index (κ1) is 31.6. The Morgan fingerprint density at radius 2 is 1.46 bits per heavy atom. The Bertz CT molecular complexity index is 784. The zero-order valence-corrected chi connectivity index (χ0v) is 20.6. The monoisotopic (exact) mass is 501 g/mol. The second-order valence-electron chi connectivity index (χ2n) is 8.65. The van der Waals surface area contributed by atoms with E-state index in [1.807, 2.05) is 6.92 Å². The third-order valence-electron chi connectivity index (χ3n) is 5.38. The molecule has 0 radical (unpaired) electrons. The second kappa shape index (κ2) is 15.5. The Labute approximate surface area is 204 Å². The van der Waals surface area contributed by atoms with E-state index < -0.39 is 66.2 Å². The lowest BCUT2D eigenvalue weighted by Crippen LogP contribution is -2.59. The van der Waals surface area contributed by atoms with Crippen molar-refractivity contribution in [3.63, 3.8) is 0 Å². The number of hydrogen-bond donors (Lipinski definition) is 8. The lowest BCUT2D eigenvalue weighted by molar-refractivity contribution is -0.144. The summed E-state index contributed by atoms with van der Waals surface area (Å²) < 4.78 is 0. The zero-order valence-electron chi connectivity index (χ0n) is 20.6. The average Bonchev–Trinajstić information content (AvgIpc) is 2.76. The minimum atomic E-state index is -1.58. The van der Waals surface area contributed by atoms with E-state index in [0.29, 0.717) is 6.42 Å². The van der Waals surface area contributed by atoms with E-state index in [-0.39, 0.29) is 31.3 Å². The number of hydrogen-bond acceptors (Lipinski definition) is 7. The topological polar surface area (TPSA) is 252 Å². The molecule has 5 atom stereocenters. The number of nitrogens with two attached hydrogens (primary N) is 3. The summed E-state index contributed by atoms with van der Waals surface area (Å²) in [6.45, 7) is 7.10. The summed E-state index contributed by atoms with van der Waals surface area (Å²) in [5.74, 6) is -5.83. The van der Waals surface area contributed by atoms with Gasteiger partial charge < -0.3 is 43.4 Å². The molecule has 0 aromatic heterocycles. The number of guanidine groups is 1. The van der Waals surface area contributed by atoms with Gasteiger partial charge in [-0.05, 0) is 24.7 Å². The maximum Gasteiger partial charge on any atom is 0.326 e. The van der Waals surface area contributed by atoms with Crippen molar-refractivity contribution in [3.8, 4) is 0 Å². The average molecular weight is 502 g/mol. The summed E-state index contributed by atoms with van der Waals surface area (Å²) in [6.07, 6.45) is 0.0283. The third kappa shape index (κ3) is 12.0. The molecule has 35 heavy (non-hydrogen) atoms. The van der Waals surface area contributed by atoms with Crippen LogP contribution in [0.15, 0.2) is 4.99 Å². The minimum Gasteiger partial charge on any atom is -0.481 e. The largest absolute Gasteiger partial charge is 0.481 e. The van der Waals surface area contributed by atoms with Gasteiger partial charge in [0.15, 0.2) is 5.96 Å². The molecule has 0 rings (SSSR count). The molecule has 0 aliphatic heterocycles. The molecule has 0 spiro atoms. The van der Waals surface area contributed by atoms with Crippen LogP contribution in [0.5, 0.6) is 0 Å². The van der Waals surface area contributed by atoms with Gasteiger partial charge in [0.1, 0.15) is 18.1 Å². The molecular formula is C21H39N7O7. The predicted octanol–water partition coefficient (Wildman–Crippen LogP) is -1.92. The number of carboxylic acids is 2. The molecule has 0 saturated carbocycles. The maximum absolute atomic E-state index is 12.9. The van der Waals surface area contributed by atoms with E-state index in [1.54, 1.807) is 20.8 Å². The standard InChI is InChI=1S/C21H39N7O7/c1-5-11(4)15(22)18(32)28-16(10(2)3)19(33)27-13(9-14(29)30)17(31)26-12(20(34)35)7-6-8-25-21(23)24/h10-13,15-16H,5-9,22H2,1-4H3,(H,26,31)(H,27,33)(H,28,32)(H,29,30)(H,34,35)(H4,23,24,25). The van der Waals surface area contributed by atoms with Crippen LogP contribution in [0, 0.1) is 11.8 Å². The highest BCUT2D eigenvalue weighted by Gasteiger charge is 2.33. The highest BCUT2D eigenvalue weighted by molar-refractivity contribution is 5.95. The highest BCUT2D eigenvalue weighted by atomic mass is 16.4. The summed E-state index contributed by atoms with van der Waals surface area (Å²) in [7, 11) is 0. The fraction of sp³-hybridized carbons (Fsp3) is 0.714. The summed E-state index contributed by atoms with van der Waals surface area (Å²) in [4.78, 5) is 64.6. The van der Waals surface area contributed by atoms with Gasteiger partial charge in [0.2, 0.25) is 17.7 Å². The number of aliphatic carboxylic acids is 2. The van der Waals surface area contributed by atoms with Crippen molar-refractivity contribution >= 4 is 35.6 Å². The number of nitrogens with zero attached hydrogens (tertiary/aromatic N) is 1. The molecule has 3 amide bonds. The number of nitrogens with one attached hydrogen (secondary N) is 3. The fourth-order valence-corrected chi connectivity index (χ4v) is 2.98. The van der Waals surface area contributed by atoms with Crippen LogP contribution < -0.4 is 33.2 Å². The van der Waals surface area contributed by atoms with Gasteiger partial charge >= 0.3 is 11.9 Å². The molecule has 0 aliphatic rings. The van der Waals surface area contributed by atoms with Crippen molar-refractivity contribution in [3.05, 3.63) is 0 Å². The minimum absolute atomic E-state index is 0.0379. The summed E-state index contributed by atoms with van der Waals surface area (Å²) in [6, 6.07) is -4.90. The van der Waals surface area contributed by atoms with E-state index >= 15 is 0 Å². The maximum atomic E-state index is 12.9. The molecule has 11 N–H and O–H groups in total. The number of carbonyl (C=O) groups excluding carboxylic acids is 3. The Hall–Kier alpha value is -3.42. The normalized spacial score (nSPS) is 15.1. The first-order valence-electron chi connectivity index (χ1n) is 11.4. The van der Waals surface area contributed by atoms with E-state index in [0.717, 1.165) is 0 Å². The van der Waals surface area contributed by atoms with Crippen LogP contribution in [-0.4, -0.2) is 76.5 Å². The number of amides is 3. The lowest BCUT2D eigenvalue weighted by Gasteiger charge is -2.27. The van der Waals surface area contributed by atoms with E-state index in [1.165, 1.54) is 0 Å². The number of carboxylic acid groups (broad SMARTS) is 2. The molecular weight excluding hydrogens is 462 g/mol. The molecule has 0 fully saturated rings. The van der Waals surface area contributed by atoms with Crippen molar-refractivity contribution in [1.82, 2.24) is 16.0 Å². The van der Waals surface area contributed by atoms with Gasteiger partial charge in [-0.1, -0.05) is 34.1 Å². The van der Waals surface area contributed by atoms with E-state index in [9.17, 15) is 34.2 Å². The van der Waals surface area contributed by atoms with Gasteiger partial charge in [0.05, 0.1) is 12.5 Å². The van der Waals surface area contributed by atoms with Gasteiger partial charge in [-0.2, -0.15) is 0 Å². The van der Waals surface area contributed by atoms with Gasteiger partial charge in [-0.15, -0.1) is 0 Å². The third-order valence-corrected chi connectivity index (χ3v) is 5.38. The molecule has 0 bridgehead atoms. The molecule has 5 unspecified atom stereocenters. The highest BCUT2D eigenvalue weighted by Crippen LogP contribution is 2.09. The first-order valence-corrected chi connectivity index (χ1v) is 11.4. The first-order chi connectivity index (χ1) is 16.2. The molecule has 0 aromatic rings. The second-order valence-corrected chi connectivity index (χ2v) is 8.65. The molecule has 14 heteroatoms. The van der Waals surface area contributed by atoms with Crippen LogP contribution >= 0.6 is 0 Å². The smallest absolute Gasteiger partial charge is 0.326 e. The Kier molecular flexibility index (Phi) is 14.0. The van der Waals surface area contributed by atoms with E-state index in [4.69, 9.17) is 17.2 Å². The van der Waals surface area contributed by atoms with Crippen molar-refractivity contribution in [1.29, 1.82) is 0 Å². The van der Waals surface area contributed by atoms with Gasteiger partial charge in [0, 0.05) is 6.54 Å². The lowest BCUT2D eigenvalue weighted by atomic mass is 9.97. The van der Waals surface area contributed by atoms with E-state index in [2.05, 4.69) is 20.9 Å². The quantitative estimate of drug-likeness (QED) is 0.0661. The molecule has 14 nitrogen and oxygen atoms in total. The van der Waals surface area contributed by atoms with Crippen molar-refractivity contribution in [2.75, 3.05) is 6.54 Å². The van der Waals surface area contributed by atoms with Crippen LogP contribution in [0.3, 0.4) is 0 Å². The summed E-state index contributed by atoms with van der Waals surface area (Å²) >= 11 is 0. The molecule has 0 saturated heterocycles. The van der Waals surface area contributed by atoms with Crippen molar-refractivity contribution in [2.45, 2.75) is 77.5 Å². The molecule has 0 aromatic carbocycles. The number of rotatable bonds is 16. The van der Waals surface area contributed by atoms with Crippen LogP contribution in [-0.2, 0) is 24.0 Å². The molecule has 0 heterocycles.